The Hall–Kier alpha value is -1.15. The third-order valence-electron chi connectivity index (χ3n) is 2.54. The maximum atomic E-state index is 10.2. The third-order valence-corrected chi connectivity index (χ3v) is 2.54. The summed E-state index contributed by atoms with van der Waals surface area (Å²) in [5, 5.41) is 8.42. The van der Waals surface area contributed by atoms with Gasteiger partial charge in [-0.2, -0.15) is 0 Å². The van der Waals surface area contributed by atoms with E-state index in [1.165, 1.54) is 0 Å². The molecule has 0 radical (unpaired) electrons. The molecule has 0 saturated heterocycles. The van der Waals surface area contributed by atoms with E-state index in [9.17, 15) is 9.59 Å². The molecule has 0 saturated carbocycles. The molecular formula is C12H21NO3. The van der Waals surface area contributed by atoms with Gasteiger partial charge in [0.1, 0.15) is 0 Å². The first-order chi connectivity index (χ1) is 7.66. The lowest BCUT2D eigenvalue weighted by molar-refractivity contribution is -0.137. The average molecular weight is 227 g/mol. The van der Waals surface area contributed by atoms with Gasteiger partial charge in [0.2, 0.25) is 6.08 Å². The number of rotatable bonds is 10. The quantitative estimate of drug-likeness (QED) is 0.354. The lowest BCUT2D eigenvalue weighted by atomic mass is 10.1. The zero-order valence-electron chi connectivity index (χ0n) is 9.95. The number of carbonyl (C=O) groups excluding carboxylic acids is 1. The molecule has 1 unspecified atom stereocenters. The Kier molecular flexibility index (Phi) is 9.63. The van der Waals surface area contributed by atoms with Crippen molar-refractivity contribution in [3.63, 3.8) is 0 Å². The number of nitrogens with zero attached hydrogens (tertiary/aromatic N) is 1. The molecule has 0 aromatic carbocycles. The summed E-state index contributed by atoms with van der Waals surface area (Å²) in [5.41, 5.74) is 0. The van der Waals surface area contributed by atoms with Gasteiger partial charge in [0, 0.05) is 6.42 Å². The molecule has 4 heteroatoms. The van der Waals surface area contributed by atoms with Gasteiger partial charge in [-0.3, -0.25) is 4.79 Å². The van der Waals surface area contributed by atoms with Gasteiger partial charge in [-0.1, -0.05) is 32.1 Å². The molecule has 0 bridgehead atoms. The fourth-order valence-corrected chi connectivity index (χ4v) is 1.58. The second kappa shape index (κ2) is 10.4. The smallest absolute Gasteiger partial charge is 0.303 e. The van der Waals surface area contributed by atoms with Crippen molar-refractivity contribution in [1.29, 1.82) is 0 Å². The van der Waals surface area contributed by atoms with Crippen LogP contribution in [-0.4, -0.2) is 23.2 Å². The topological polar surface area (TPSA) is 66.7 Å². The Bertz CT molecular complexity index is 234. The Morgan fingerprint density at radius 1 is 1.19 bits per heavy atom. The minimum absolute atomic E-state index is 0.0875. The minimum Gasteiger partial charge on any atom is -0.481 e. The van der Waals surface area contributed by atoms with Gasteiger partial charge >= 0.3 is 5.97 Å². The zero-order valence-corrected chi connectivity index (χ0v) is 9.95. The van der Waals surface area contributed by atoms with E-state index in [2.05, 4.69) is 4.99 Å². The monoisotopic (exact) mass is 227 g/mol. The molecular weight excluding hydrogens is 206 g/mol. The molecule has 92 valence electrons. The first kappa shape index (κ1) is 14.8. The maximum absolute atomic E-state index is 10.2. The molecule has 1 atom stereocenters. The van der Waals surface area contributed by atoms with Crippen molar-refractivity contribution in [2.45, 2.75) is 64.3 Å². The van der Waals surface area contributed by atoms with Gasteiger partial charge in [0.25, 0.3) is 0 Å². The highest BCUT2D eigenvalue weighted by Crippen LogP contribution is 2.10. The molecule has 0 fully saturated rings. The Morgan fingerprint density at radius 2 is 1.75 bits per heavy atom. The number of aliphatic imine (C=N–C) groups is 1. The second-order valence-corrected chi connectivity index (χ2v) is 4.12. The summed E-state index contributed by atoms with van der Waals surface area (Å²) < 4.78 is 0. The van der Waals surface area contributed by atoms with E-state index in [4.69, 9.17) is 5.11 Å². The molecule has 0 amide bonds. The van der Waals surface area contributed by atoms with Gasteiger partial charge in [-0.15, -0.1) is 0 Å². The van der Waals surface area contributed by atoms with Crippen LogP contribution in [0.4, 0.5) is 0 Å². The molecule has 4 nitrogen and oxygen atoms in total. The first-order valence-electron chi connectivity index (χ1n) is 5.95. The summed E-state index contributed by atoms with van der Waals surface area (Å²) >= 11 is 0. The number of hydrogen-bond donors (Lipinski definition) is 1. The van der Waals surface area contributed by atoms with E-state index in [1.54, 1.807) is 6.08 Å². The molecule has 0 aliphatic carbocycles. The Labute approximate surface area is 96.8 Å². The molecule has 16 heavy (non-hydrogen) atoms. The maximum Gasteiger partial charge on any atom is 0.303 e. The molecule has 0 aliphatic rings. The highest BCUT2D eigenvalue weighted by atomic mass is 16.4. The summed E-state index contributed by atoms with van der Waals surface area (Å²) in [7, 11) is 0. The van der Waals surface area contributed by atoms with Crippen LogP contribution in [0.5, 0.6) is 0 Å². The van der Waals surface area contributed by atoms with Crippen molar-refractivity contribution in [1.82, 2.24) is 0 Å². The van der Waals surface area contributed by atoms with Gasteiger partial charge in [0.15, 0.2) is 0 Å². The van der Waals surface area contributed by atoms with Crippen LogP contribution < -0.4 is 0 Å². The molecule has 0 aliphatic heterocycles. The number of unbranched alkanes of at least 4 members (excludes halogenated alkanes) is 5. The highest BCUT2D eigenvalue weighted by molar-refractivity contribution is 5.66. The van der Waals surface area contributed by atoms with Crippen molar-refractivity contribution < 1.29 is 14.7 Å². The molecule has 0 aromatic heterocycles. The van der Waals surface area contributed by atoms with Crippen LogP contribution in [0.2, 0.25) is 0 Å². The van der Waals surface area contributed by atoms with Crippen molar-refractivity contribution >= 4 is 12.0 Å². The fraction of sp³-hybridized carbons (Fsp3) is 0.833. The van der Waals surface area contributed by atoms with Crippen molar-refractivity contribution in [3.8, 4) is 0 Å². The van der Waals surface area contributed by atoms with Gasteiger partial charge in [-0.05, 0) is 19.8 Å². The van der Waals surface area contributed by atoms with E-state index in [0.717, 1.165) is 44.9 Å². The summed E-state index contributed by atoms with van der Waals surface area (Å²) in [6, 6.07) is 0.0875. The molecule has 0 rings (SSSR count). The van der Waals surface area contributed by atoms with Crippen LogP contribution in [0.3, 0.4) is 0 Å². The number of hydrogen-bond acceptors (Lipinski definition) is 3. The number of carboxylic acid groups (broad SMARTS) is 1. The number of aliphatic carboxylic acids is 1. The lowest BCUT2D eigenvalue weighted by Crippen LogP contribution is -1.96. The second-order valence-electron chi connectivity index (χ2n) is 4.12. The largest absolute Gasteiger partial charge is 0.481 e. The predicted molar refractivity (Wildman–Crippen MR) is 62.2 cm³/mol. The number of carboxylic acids is 1. The standard InChI is InChI=1S/C12H21NO3/c1-11(13-10-14)8-6-4-2-3-5-7-9-12(15)16/h11H,2-9H2,1H3,(H,15,16). The van der Waals surface area contributed by atoms with Crippen LogP contribution in [-0.2, 0) is 9.59 Å². The third kappa shape index (κ3) is 10.9. The molecule has 0 heterocycles. The van der Waals surface area contributed by atoms with E-state index in [1.807, 2.05) is 6.92 Å². The van der Waals surface area contributed by atoms with Gasteiger partial charge in [0.05, 0.1) is 6.04 Å². The van der Waals surface area contributed by atoms with Crippen LogP contribution in [0.15, 0.2) is 4.99 Å². The molecule has 0 aromatic rings. The average Bonchev–Trinajstić information content (AvgIpc) is 2.22. The van der Waals surface area contributed by atoms with Crippen LogP contribution >= 0.6 is 0 Å². The van der Waals surface area contributed by atoms with E-state index >= 15 is 0 Å². The van der Waals surface area contributed by atoms with Crippen molar-refractivity contribution in [2.75, 3.05) is 0 Å². The van der Waals surface area contributed by atoms with Crippen LogP contribution in [0.1, 0.15) is 58.3 Å². The normalized spacial score (nSPS) is 11.8. The van der Waals surface area contributed by atoms with Gasteiger partial charge < -0.3 is 5.11 Å². The molecule has 0 spiro atoms. The summed E-state index contributed by atoms with van der Waals surface area (Å²) in [4.78, 5) is 23.8. The SMILES string of the molecule is CC(CCCCCCCCC(=O)O)N=C=O. The fourth-order valence-electron chi connectivity index (χ4n) is 1.58. The number of isocyanates is 1. The Morgan fingerprint density at radius 3 is 2.31 bits per heavy atom. The van der Waals surface area contributed by atoms with Crippen LogP contribution in [0.25, 0.3) is 0 Å². The predicted octanol–water partition coefficient (Wildman–Crippen LogP) is 2.92. The summed E-state index contributed by atoms with van der Waals surface area (Å²) in [6.45, 7) is 1.91. The summed E-state index contributed by atoms with van der Waals surface area (Å²) in [6.07, 6.45) is 8.99. The van der Waals surface area contributed by atoms with Crippen molar-refractivity contribution in [3.05, 3.63) is 0 Å². The Balaban J connectivity index is 3.15. The molecule has 1 N–H and O–H groups in total. The van der Waals surface area contributed by atoms with Crippen LogP contribution in [0, 0.1) is 0 Å². The lowest BCUT2D eigenvalue weighted by Gasteiger charge is -2.03. The highest BCUT2D eigenvalue weighted by Gasteiger charge is 1.99. The van der Waals surface area contributed by atoms with E-state index in [0.29, 0.717) is 0 Å². The number of carbonyl (C=O) groups is 1. The minimum atomic E-state index is -0.708. The van der Waals surface area contributed by atoms with Crippen molar-refractivity contribution in [2.24, 2.45) is 4.99 Å². The first-order valence-corrected chi connectivity index (χ1v) is 5.95. The summed E-state index contributed by atoms with van der Waals surface area (Å²) in [5.74, 6) is -0.708. The van der Waals surface area contributed by atoms with Gasteiger partial charge in [-0.25, -0.2) is 9.79 Å². The van der Waals surface area contributed by atoms with E-state index < -0.39 is 5.97 Å². The van der Waals surface area contributed by atoms with E-state index in [-0.39, 0.29) is 12.5 Å². The zero-order chi connectivity index (χ0) is 12.2.